The van der Waals surface area contributed by atoms with Crippen molar-refractivity contribution in [1.29, 1.82) is 0 Å². The van der Waals surface area contributed by atoms with Gasteiger partial charge in [0.1, 0.15) is 6.10 Å². The average Bonchev–Trinajstić information content (AvgIpc) is 3.25. The summed E-state index contributed by atoms with van der Waals surface area (Å²) in [7, 11) is 0. The average molecular weight is 860 g/mol. The Bertz CT molecular complexity index is 966. The van der Waals surface area contributed by atoms with Crippen molar-refractivity contribution >= 4 is 11.9 Å². The molecule has 0 aromatic rings. The first-order valence-corrected chi connectivity index (χ1v) is 27.1. The molecule has 0 rings (SSSR count). The number of esters is 1. The van der Waals surface area contributed by atoms with Crippen LogP contribution in [0.15, 0.2) is 24.3 Å². The van der Waals surface area contributed by atoms with E-state index in [1.54, 1.807) is 0 Å². The standard InChI is InChI=1S/C55H105NO5/c1-4-7-10-13-16-19-22-25-27-28-30-32-35-38-41-44-47-53(58)52(50-57)56-54(59)49-51(46-43-40-37-34-31-29-26-23-20-17-14-11-8-5-2)61-55(60)48-45-42-39-36-33-24-21-18-15-12-9-6-3/h29,31,34,37,51-53,57-58H,4-28,30,32-33,35-36,38-50H2,1-3H3,(H,56,59)/b31-29+,37-34+. The summed E-state index contributed by atoms with van der Waals surface area (Å²) in [5, 5.41) is 23.8. The van der Waals surface area contributed by atoms with Gasteiger partial charge in [-0.25, -0.2) is 0 Å². The zero-order valence-corrected chi connectivity index (χ0v) is 41.1. The van der Waals surface area contributed by atoms with Crippen molar-refractivity contribution in [3.63, 3.8) is 0 Å². The second-order valence-corrected chi connectivity index (χ2v) is 18.7. The van der Waals surface area contributed by atoms with Crippen LogP contribution in [-0.4, -0.2) is 46.9 Å². The monoisotopic (exact) mass is 860 g/mol. The van der Waals surface area contributed by atoms with Crippen molar-refractivity contribution in [3.8, 4) is 0 Å². The maximum atomic E-state index is 13.2. The van der Waals surface area contributed by atoms with E-state index in [4.69, 9.17) is 4.74 Å². The van der Waals surface area contributed by atoms with Gasteiger partial charge in [-0.15, -0.1) is 0 Å². The summed E-state index contributed by atoms with van der Waals surface area (Å²) >= 11 is 0. The second-order valence-electron chi connectivity index (χ2n) is 18.7. The van der Waals surface area contributed by atoms with E-state index in [-0.39, 0.29) is 24.9 Å². The van der Waals surface area contributed by atoms with Gasteiger partial charge in [0.15, 0.2) is 0 Å². The molecule has 0 saturated heterocycles. The van der Waals surface area contributed by atoms with Gasteiger partial charge in [-0.3, -0.25) is 9.59 Å². The molecule has 0 aromatic heterocycles. The van der Waals surface area contributed by atoms with Gasteiger partial charge < -0.3 is 20.3 Å². The van der Waals surface area contributed by atoms with Crippen LogP contribution in [0.5, 0.6) is 0 Å². The first-order valence-electron chi connectivity index (χ1n) is 27.1. The summed E-state index contributed by atoms with van der Waals surface area (Å²) in [6.07, 6.45) is 56.7. The molecular formula is C55H105NO5. The quantitative estimate of drug-likeness (QED) is 0.0322. The summed E-state index contributed by atoms with van der Waals surface area (Å²) in [6.45, 7) is 6.49. The number of ether oxygens (including phenoxy) is 1. The highest BCUT2D eigenvalue weighted by Gasteiger charge is 2.24. The van der Waals surface area contributed by atoms with Crippen molar-refractivity contribution in [3.05, 3.63) is 24.3 Å². The molecule has 6 heteroatoms. The number of hydrogen-bond donors (Lipinski definition) is 3. The molecule has 61 heavy (non-hydrogen) atoms. The molecule has 0 aromatic carbocycles. The van der Waals surface area contributed by atoms with Gasteiger partial charge in [0.25, 0.3) is 0 Å². The van der Waals surface area contributed by atoms with Crippen molar-refractivity contribution < 1.29 is 24.5 Å². The molecule has 0 saturated carbocycles. The maximum absolute atomic E-state index is 13.2. The van der Waals surface area contributed by atoms with Crippen LogP contribution in [0.1, 0.15) is 290 Å². The lowest BCUT2D eigenvalue weighted by molar-refractivity contribution is -0.151. The lowest BCUT2D eigenvalue weighted by Gasteiger charge is -2.24. The Morgan fingerprint density at radius 1 is 0.475 bits per heavy atom. The van der Waals surface area contributed by atoms with E-state index in [2.05, 4.69) is 50.4 Å². The Hall–Kier alpha value is -1.66. The summed E-state index contributed by atoms with van der Waals surface area (Å²) in [5.74, 6) is -0.506. The normalized spacial score (nSPS) is 13.3. The number of rotatable bonds is 49. The Morgan fingerprint density at radius 2 is 0.836 bits per heavy atom. The molecule has 0 bridgehead atoms. The number of nitrogens with one attached hydrogen (secondary N) is 1. The van der Waals surface area contributed by atoms with E-state index in [1.807, 2.05) is 0 Å². The minimum absolute atomic E-state index is 0.0501. The summed E-state index contributed by atoms with van der Waals surface area (Å²) in [6, 6.07) is -0.711. The summed E-state index contributed by atoms with van der Waals surface area (Å²) in [4.78, 5) is 26.1. The number of amides is 1. The van der Waals surface area contributed by atoms with Gasteiger partial charge >= 0.3 is 5.97 Å². The fourth-order valence-corrected chi connectivity index (χ4v) is 8.43. The Labute approximate surface area is 380 Å². The fraction of sp³-hybridized carbons (Fsp3) is 0.891. The van der Waals surface area contributed by atoms with E-state index < -0.39 is 18.2 Å². The molecule has 0 heterocycles. The second kappa shape index (κ2) is 49.4. The molecule has 3 atom stereocenters. The Morgan fingerprint density at radius 3 is 1.25 bits per heavy atom. The topological polar surface area (TPSA) is 95.9 Å². The highest BCUT2D eigenvalue weighted by molar-refractivity contribution is 5.77. The first-order chi connectivity index (χ1) is 30.0. The molecule has 0 spiro atoms. The van der Waals surface area contributed by atoms with Crippen LogP contribution in [0.4, 0.5) is 0 Å². The van der Waals surface area contributed by atoms with Crippen LogP contribution in [0.2, 0.25) is 0 Å². The lowest BCUT2D eigenvalue weighted by atomic mass is 10.0. The molecule has 360 valence electrons. The number of hydrogen-bond acceptors (Lipinski definition) is 5. The van der Waals surface area contributed by atoms with Crippen LogP contribution < -0.4 is 5.32 Å². The first kappa shape index (κ1) is 59.3. The van der Waals surface area contributed by atoms with Gasteiger partial charge in [0.2, 0.25) is 5.91 Å². The zero-order chi connectivity index (χ0) is 44.5. The van der Waals surface area contributed by atoms with E-state index in [0.29, 0.717) is 19.3 Å². The number of unbranched alkanes of at least 4 members (excludes halogenated alkanes) is 34. The van der Waals surface area contributed by atoms with E-state index in [0.717, 1.165) is 57.8 Å². The number of aliphatic hydroxyl groups is 2. The molecule has 0 aliphatic heterocycles. The highest BCUT2D eigenvalue weighted by Crippen LogP contribution is 2.18. The predicted octanol–water partition coefficient (Wildman–Crippen LogP) is 16.3. The van der Waals surface area contributed by atoms with Crippen molar-refractivity contribution in [2.45, 2.75) is 309 Å². The Balaban J connectivity index is 4.56. The minimum atomic E-state index is -0.795. The zero-order valence-electron chi connectivity index (χ0n) is 41.1. The van der Waals surface area contributed by atoms with E-state index in [9.17, 15) is 19.8 Å². The third-order valence-electron chi connectivity index (χ3n) is 12.6. The van der Waals surface area contributed by atoms with Crippen LogP contribution in [0.25, 0.3) is 0 Å². The van der Waals surface area contributed by atoms with Crippen LogP contribution in [0, 0.1) is 0 Å². The fourth-order valence-electron chi connectivity index (χ4n) is 8.43. The molecule has 0 aliphatic carbocycles. The van der Waals surface area contributed by atoms with Gasteiger partial charge in [-0.2, -0.15) is 0 Å². The number of carbonyl (C=O) groups excluding carboxylic acids is 2. The maximum Gasteiger partial charge on any atom is 0.306 e. The molecule has 0 radical (unpaired) electrons. The molecule has 6 nitrogen and oxygen atoms in total. The van der Waals surface area contributed by atoms with Gasteiger partial charge in [0, 0.05) is 6.42 Å². The molecule has 0 fully saturated rings. The van der Waals surface area contributed by atoms with Crippen LogP contribution in [-0.2, 0) is 14.3 Å². The smallest absolute Gasteiger partial charge is 0.306 e. The van der Waals surface area contributed by atoms with Gasteiger partial charge in [0.05, 0.1) is 25.2 Å². The third-order valence-corrected chi connectivity index (χ3v) is 12.6. The minimum Gasteiger partial charge on any atom is -0.462 e. The SMILES string of the molecule is CCCCCCCCC/C=C/C=C/CCCC(CC(=O)NC(CO)C(O)CCCCCCCCCCCCCCCCCC)OC(=O)CCCCCCCCCCCCCC. The molecule has 3 N–H and O–H groups in total. The van der Waals surface area contributed by atoms with Gasteiger partial charge in [-0.1, -0.05) is 257 Å². The van der Waals surface area contributed by atoms with E-state index in [1.165, 1.54) is 186 Å². The highest BCUT2D eigenvalue weighted by atomic mass is 16.5. The van der Waals surface area contributed by atoms with Crippen LogP contribution in [0.3, 0.4) is 0 Å². The Kier molecular flexibility index (Phi) is 48.0. The molecular weight excluding hydrogens is 755 g/mol. The summed E-state index contributed by atoms with van der Waals surface area (Å²) in [5.41, 5.74) is 0. The molecule has 3 unspecified atom stereocenters. The number of carbonyl (C=O) groups is 2. The molecule has 0 aliphatic rings. The molecule has 1 amide bonds. The number of aliphatic hydroxyl groups excluding tert-OH is 2. The largest absolute Gasteiger partial charge is 0.462 e. The van der Waals surface area contributed by atoms with Crippen molar-refractivity contribution in [1.82, 2.24) is 5.32 Å². The van der Waals surface area contributed by atoms with E-state index >= 15 is 0 Å². The number of allylic oxidation sites excluding steroid dienone is 4. The van der Waals surface area contributed by atoms with Crippen LogP contribution >= 0.6 is 0 Å². The summed E-state index contributed by atoms with van der Waals surface area (Å²) < 4.78 is 5.91. The lowest BCUT2D eigenvalue weighted by Crippen LogP contribution is -2.46. The third kappa shape index (κ3) is 44.7. The predicted molar refractivity (Wildman–Crippen MR) is 264 cm³/mol. The van der Waals surface area contributed by atoms with Crippen molar-refractivity contribution in [2.75, 3.05) is 6.61 Å². The van der Waals surface area contributed by atoms with Gasteiger partial charge in [-0.05, 0) is 44.9 Å². The van der Waals surface area contributed by atoms with Crippen molar-refractivity contribution in [2.24, 2.45) is 0 Å².